The lowest BCUT2D eigenvalue weighted by Gasteiger charge is -2.13. The summed E-state index contributed by atoms with van der Waals surface area (Å²) < 4.78 is 6.02. The Kier molecular flexibility index (Phi) is 4.69. The molecule has 0 amide bonds. The molecule has 0 bridgehead atoms. The Labute approximate surface area is 125 Å². The van der Waals surface area contributed by atoms with E-state index >= 15 is 0 Å². The van der Waals surface area contributed by atoms with Gasteiger partial charge in [0.05, 0.1) is 0 Å². The first-order chi connectivity index (χ1) is 9.45. The summed E-state index contributed by atoms with van der Waals surface area (Å²) in [7, 11) is 0. The van der Waals surface area contributed by atoms with E-state index in [0.717, 1.165) is 29.0 Å². The Hall–Kier alpha value is -1.51. The zero-order chi connectivity index (χ0) is 14.7. The Morgan fingerprint density at radius 2 is 1.65 bits per heavy atom. The fourth-order valence-electron chi connectivity index (χ4n) is 2.06. The first-order valence-corrected chi connectivity index (χ1v) is 7.12. The minimum Gasteiger partial charge on any atom is -0.457 e. The highest BCUT2D eigenvalue weighted by Crippen LogP contribution is 2.30. The highest BCUT2D eigenvalue weighted by Gasteiger charge is 2.07. The molecule has 2 aromatic carbocycles. The van der Waals surface area contributed by atoms with Gasteiger partial charge in [-0.25, -0.2) is 0 Å². The van der Waals surface area contributed by atoms with Crippen LogP contribution >= 0.6 is 11.6 Å². The molecule has 0 radical (unpaired) electrons. The van der Waals surface area contributed by atoms with Crippen molar-refractivity contribution in [2.45, 2.75) is 33.2 Å². The molecule has 0 aromatic heterocycles. The molecule has 106 valence electrons. The van der Waals surface area contributed by atoms with Gasteiger partial charge in [-0.2, -0.15) is 0 Å². The van der Waals surface area contributed by atoms with E-state index in [1.165, 1.54) is 5.56 Å². The van der Waals surface area contributed by atoms with Crippen LogP contribution in [0.2, 0.25) is 5.02 Å². The highest BCUT2D eigenvalue weighted by molar-refractivity contribution is 6.30. The quantitative estimate of drug-likeness (QED) is 0.890. The monoisotopic (exact) mass is 289 g/mol. The summed E-state index contributed by atoms with van der Waals surface area (Å²) in [4.78, 5) is 0. The molecule has 0 heterocycles. The molecule has 1 unspecified atom stereocenters. The van der Waals surface area contributed by atoms with Crippen LogP contribution in [-0.2, 0) is 6.42 Å². The lowest BCUT2D eigenvalue weighted by atomic mass is 10.1. The maximum atomic E-state index is 6.03. The van der Waals surface area contributed by atoms with Gasteiger partial charge in [0.1, 0.15) is 11.5 Å². The number of aryl methyl sites for hydroxylation is 2. The molecular formula is C17H20ClNO. The molecule has 0 saturated heterocycles. The lowest BCUT2D eigenvalue weighted by Crippen LogP contribution is -2.17. The van der Waals surface area contributed by atoms with Crippen LogP contribution < -0.4 is 10.5 Å². The number of hydrogen-bond acceptors (Lipinski definition) is 2. The molecule has 2 aromatic rings. The molecule has 0 saturated carbocycles. The second-order valence-electron chi connectivity index (χ2n) is 5.29. The number of halogens is 1. The van der Waals surface area contributed by atoms with Crippen LogP contribution in [0.1, 0.15) is 23.6 Å². The van der Waals surface area contributed by atoms with Crippen LogP contribution in [0.4, 0.5) is 0 Å². The summed E-state index contributed by atoms with van der Waals surface area (Å²) in [5.74, 6) is 1.65. The van der Waals surface area contributed by atoms with E-state index in [9.17, 15) is 0 Å². The molecule has 3 heteroatoms. The van der Waals surface area contributed by atoms with E-state index in [-0.39, 0.29) is 6.04 Å². The third-order valence-corrected chi connectivity index (χ3v) is 3.42. The van der Waals surface area contributed by atoms with Gasteiger partial charge >= 0.3 is 0 Å². The smallest absolute Gasteiger partial charge is 0.131 e. The van der Waals surface area contributed by atoms with E-state index in [0.29, 0.717) is 5.02 Å². The second-order valence-corrected chi connectivity index (χ2v) is 5.73. The lowest BCUT2D eigenvalue weighted by molar-refractivity contribution is 0.474. The second kappa shape index (κ2) is 6.29. The SMILES string of the molecule is Cc1ccc(Cl)cc1Oc1cc(CC(C)N)ccc1C. The predicted molar refractivity (Wildman–Crippen MR) is 84.8 cm³/mol. The minimum absolute atomic E-state index is 0.137. The number of benzene rings is 2. The van der Waals surface area contributed by atoms with Crippen LogP contribution in [0.5, 0.6) is 11.5 Å². The fourth-order valence-corrected chi connectivity index (χ4v) is 2.22. The first kappa shape index (κ1) is 14.9. The molecule has 0 fully saturated rings. The molecule has 20 heavy (non-hydrogen) atoms. The van der Waals surface area contributed by atoms with E-state index in [1.54, 1.807) is 0 Å². The maximum absolute atomic E-state index is 6.03. The van der Waals surface area contributed by atoms with Gasteiger partial charge in [-0.05, 0) is 62.1 Å². The Morgan fingerprint density at radius 1 is 1.05 bits per heavy atom. The van der Waals surface area contributed by atoms with Crippen LogP contribution in [0.25, 0.3) is 0 Å². The summed E-state index contributed by atoms with van der Waals surface area (Å²) in [5, 5.41) is 0.676. The van der Waals surface area contributed by atoms with Crippen molar-refractivity contribution in [3.63, 3.8) is 0 Å². The van der Waals surface area contributed by atoms with Crippen molar-refractivity contribution in [1.29, 1.82) is 0 Å². The third-order valence-electron chi connectivity index (χ3n) is 3.18. The van der Waals surface area contributed by atoms with Gasteiger partial charge in [0, 0.05) is 11.1 Å². The van der Waals surface area contributed by atoms with Gasteiger partial charge in [-0.15, -0.1) is 0 Å². The zero-order valence-corrected chi connectivity index (χ0v) is 12.9. The summed E-state index contributed by atoms with van der Waals surface area (Å²) in [6.45, 7) is 6.04. The van der Waals surface area contributed by atoms with Crippen molar-refractivity contribution >= 4 is 11.6 Å². The van der Waals surface area contributed by atoms with Crippen molar-refractivity contribution < 1.29 is 4.74 Å². The zero-order valence-electron chi connectivity index (χ0n) is 12.1. The molecule has 0 aliphatic rings. The van der Waals surface area contributed by atoms with E-state index < -0.39 is 0 Å². The van der Waals surface area contributed by atoms with Gasteiger partial charge in [-0.1, -0.05) is 29.8 Å². The van der Waals surface area contributed by atoms with Gasteiger partial charge in [0.15, 0.2) is 0 Å². The van der Waals surface area contributed by atoms with Crippen molar-refractivity contribution in [3.8, 4) is 11.5 Å². The van der Waals surface area contributed by atoms with Crippen molar-refractivity contribution in [1.82, 2.24) is 0 Å². The topological polar surface area (TPSA) is 35.2 Å². The van der Waals surface area contributed by atoms with Crippen molar-refractivity contribution in [2.24, 2.45) is 5.73 Å². The highest BCUT2D eigenvalue weighted by atomic mass is 35.5. The average Bonchev–Trinajstić information content (AvgIpc) is 2.37. The fraction of sp³-hybridized carbons (Fsp3) is 0.294. The molecule has 0 aliphatic carbocycles. The molecule has 0 aliphatic heterocycles. The van der Waals surface area contributed by atoms with Crippen LogP contribution in [0.3, 0.4) is 0 Å². The normalized spacial score (nSPS) is 12.2. The predicted octanol–water partition coefficient (Wildman–Crippen LogP) is 4.64. The Morgan fingerprint density at radius 3 is 2.30 bits per heavy atom. The number of ether oxygens (including phenoxy) is 1. The summed E-state index contributed by atoms with van der Waals surface area (Å²) in [6.07, 6.45) is 0.838. The molecule has 2 nitrogen and oxygen atoms in total. The standard InChI is InChI=1S/C17H20ClNO/c1-11-4-6-14(8-13(3)19)9-16(11)20-17-10-15(18)7-5-12(17)2/h4-7,9-10,13H,8,19H2,1-3H3. The van der Waals surface area contributed by atoms with Gasteiger partial charge in [0.2, 0.25) is 0 Å². The number of rotatable bonds is 4. The molecule has 2 N–H and O–H groups in total. The molecule has 2 rings (SSSR count). The molecule has 1 atom stereocenters. The Bertz CT molecular complexity index is 608. The largest absolute Gasteiger partial charge is 0.457 e. The molecular weight excluding hydrogens is 270 g/mol. The minimum atomic E-state index is 0.137. The van der Waals surface area contributed by atoms with Crippen LogP contribution in [0.15, 0.2) is 36.4 Å². The van der Waals surface area contributed by atoms with Crippen LogP contribution in [-0.4, -0.2) is 6.04 Å². The third kappa shape index (κ3) is 3.75. The maximum Gasteiger partial charge on any atom is 0.131 e. The van der Waals surface area contributed by atoms with Gasteiger partial charge in [-0.3, -0.25) is 0 Å². The summed E-state index contributed by atoms with van der Waals surface area (Å²) >= 11 is 6.03. The summed E-state index contributed by atoms with van der Waals surface area (Å²) in [6, 6.07) is 12.0. The number of nitrogens with two attached hydrogens (primary N) is 1. The van der Waals surface area contributed by atoms with Gasteiger partial charge in [0.25, 0.3) is 0 Å². The van der Waals surface area contributed by atoms with Crippen molar-refractivity contribution in [3.05, 3.63) is 58.1 Å². The van der Waals surface area contributed by atoms with Crippen molar-refractivity contribution in [2.75, 3.05) is 0 Å². The van der Waals surface area contributed by atoms with E-state index in [2.05, 4.69) is 18.2 Å². The molecule has 0 spiro atoms. The van der Waals surface area contributed by atoms with Crippen LogP contribution in [0, 0.1) is 13.8 Å². The van der Waals surface area contributed by atoms with Gasteiger partial charge < -0.3 is 10.5 Å². The number of hydrogen-bond donors (Lipinski definition) is 1. The van der Waals surface area contributed by atoms with E-state index in [1.807, 2.05) is 39.0 Å². The average molecular weight is 290 g/mol. The first-order valence-electron chi connectivity index (χ1n) is 6.75. The summed E-state index contributed by atoms with van der Waals surface area (Å²) in [5.41, 5.74) is 9.19. The van der Waals surface area contributed by atoms with E-state index in [4.69, 9.17) is 22.1 Å². The Balaban J connectivity index is 2.30.